The Balaban J connectivity index is 1.51. The SMILES string of the molecule is O=C(Nc1ccccc1F)C1CC(=O)N(CCCc2ccccc2)C(=Nc2ccc(Cl)cc2)S1. The lowest BCUT2D eigenvalue weighted by Gasteiger charge is -2.32. The predicted octanol–water partition coefficient (Wildman–Crippen LogP) is 6.07. The van der Waals surface area contributed by atoms with Gasteiger partial charge >= 0.3 is 0 Å². The molecule has 1 fully saturated rings. The minimum atomic E-state index is -0.719. The molecule has 3 aromatic carbocycles. The number of benzene rings is 3. The number of nitrogens with zero attached hydrogens (tertiary/aromatic N) is 2. The third-order valence-electron chi connectivity index (χ3n) is 5.31. The van der Waals surface area contributed by atoms with Crippen molar-refractivity contribution in [2.24, 2.45) is 4.99 Å². The second kappa shape index (κ2) is 11.3. The fourth-order valence-electron chi connectivity index (χ4n) is 3.55. The number of nitrogens with one attached hydrogen (secondary N) is 1. The minimum Gasteiger partial charge on any atom is -0.323 e. The number of aliphatic imine (C=N–C) groups is 1. The molecule has 174 valence electrons. The van der Waals surface area contributed by atoms with Gasteiger partial charge in [0.05, 0.1) is 11.4 Å². The van der Waals surface area contributed by atoms with Crippen molar-refractivity contribution in [2.75, 3.05) is 11.9 Å². The molecule has 1 atom stereocenters. The molecule has 0 aliphatic carbocycles. The standard InChI is InChI=1S/C26H23ClFN3O2S/c27-19-12-14-20(15-13-19)29-26-31(16-6-9-18-7-2-1-3-8-18)24(32)17-23(34-26)25(33)30-22-11-5-4-10-21(22)28/h1-5,7-8,10-15,23H,6,9,16-17H2,(H,30,33). The largest absolute Gasteiger partial charge is 0.323 e. The average molecular weight is 496 g/mol. The number of thioether (sulfide) groups is 1. The highest BCUT2D eigenvalue weighted by Crippen LogP contribution is 2.31. The van der Waals surface area contributed by atoms with Gasteiger partial charge in [0.25, 0.3) is 0 Å². The van der Waals surface area contributed by atoms with Crippen LogP contribution in [0.2, 0.25) is 5.02 Å². The lowest BCUT2D eigenvalue weighted by molar-refractivity contribution is -0.129. The van der Waals surface area contributed by atoms with Crippen LogP contribution in [0.15, 0.2) is 83.9 Å². The van der Waals surface area contributed by atoms with Crippen molar-refractivity contribution in [2.45, 2.75) is 24.5 Å². The van der Waals surface area contributed by atoms with Crippen LogP contribution in [-0.4, -0.2) is 33.7 Å². The summed E-state index contributed by atoms with van der Waals surface area (Å²) in [5.74, 6) is -1.15. The normalized spacial score (nSPS) is 17.1. The molecule has 0 aromatic heterocycles. The molecule has 0 bridgehead atoms. The van der Waals surface area contributed by atoms with Crippen molar-refractivity contribution in [1.29, 1.82) is 0 Å². The zero-order valence-electron chi connectivity index (χ0n) is 18.3. The van der Waals surface area contributed by atoms with Crippen LogP contribution in [0.3, 0.4) is 0 Å². The van der Waals surface area contributed by atoms with Crippen molar-refractivity contribution >= 4 is 51.7 Å². The van der Waals surface area contributed by atoms with Gasteiger partial charge in [0.1, 0.15) is 11.1 Å². The van der Waals surface area contributed by atoms with Gasteiger partial charge in [0.2, 0.25) is 11.8 Å². The lowest BCUT2D eigenvalue weighted by atomic mass is 10.1. The summed E-state index contributed by atoms with van der Waals surface area (Å²) in [6, 6.07) is 23.0. The Kier molecular flexibility index (Phi) is 7.98. The second-order valence-corrected chi connectivity index (χ2v) is 9.39. The first-order valence-electron chi connectivity index (χ1n) is 10.9. The summed E-state index contributed by atoms with van der Waals surface area (Å²) in [6.07, 6.45) is 1.58. The fraction of sp³-hybridized carbons (Fsp3) is 0.192. The number of halogens is 2. The number of rotatable bonds is 7. The van der Waals surface area contributed by atoms with E-state index in [1.807, 2.05) is 18.2 Å². The zero-order chi connectivity index (χ0) is 23.9. The van der Waals surface area contributed by atoms with Gasteiger partial charge in [-0.05, 0) is 54.8 Å². The van der Waals surface area contributed by atoms with Crippen LogP contribution in [0.5, 0.6) is 0 Å². The van der Waals surface area contributed by atoms with Gasteiger partial charge in [-0.15, -0.1) is 0 Å². The molecule has 0 radical (unpaired) electrons. The number of amidine groups is 1. The van der Waals surface area contributed by atoms with Crippen LogP contribution in [0.25, 0.3) is 0 Å². The summed E-state index contributed by atoms with van der Waals surface area (Å²) in [6.45, 7) is 0.481. The Labute approximate surface area is 207 Å². The molecular weight excluding hydrogens is 473 g/mol. The fourth-order valence-corrected chi connectivity index (χ4v) is 4.80. The summed E-state index contributed by atoms with van der Waals surface area (Å²) in [5.41, 5.74) is 1.91. The molecule has 0 spiro atoms. The first-order chi connectivity index (χ1) is 16.5. The van der Waals surface area contributed by atoms with Crippen LogP contribution in [-0.2, 0) is 16.0 Å². The maximum Gasteiger partial charge on any atom is 0.238 e. The smallest absolute Gasteiger partial charge is 0.238 e. The van der Waals surface area contributed by atoms with Crippen molar-refractivity contribution < 1.29 is 14.0 Å². The number of carbonyl (C=O) groups is 2. The van der Waals surface area contributed by atoms with Gasteiger partial charge in [-0.1, -0.05) is 65.8 Å². The summed E-state index contributed by atoms with van der Waals surface area (Å²) < 4.78 is 14.0. The van der Waals surface area contributed by atoms with Gasteiger partial charge in [0, 0.05) is 18.0 Å². The Morgan fingerprint density at radius 1 is 1.06 bits per heavy atom. The highest BCUT2D eigenvalue weighted by molar-refractivity contribution is 8.15. The van der Waals surface area contributed by atoms with Crippen molar-refractivity contribution in [3.05, 3.63) is 95.3 Å². The Bertz CT molecular complexity index is 1190. The van der Waals surface area contributed by atoms with E-state index >= 15 is 0 Å². The Morgan fingerprint density at radius 3 is 2.50 bits per heavy atom. The van der Waals surface area contributed by atoms with Crippen LogP contribution in [0, 0.1) is 5.82 Å². The van der Waals surface area contributed by atoms with E-state index < -0.39 is 17.0 Å². The van der Waals surface area contributed by atoms with Crippen LogP contribution >= 0.6 is 23.4 Å². The minimum absolute atomic E-state index is 0.00985. The molecule has 1 saturated heterocycles. The van der Waals surface area contributed by atoms with Crippen molar-refractivity contribution in [1.82, 2.24) is 4.90 Å². The van der Waals surface area contributed by atoms with Gasteiger partial charge < -0.3 is 5.32 Å². The van der Waals surface area contributed by atoms with Gasteiger partial charge in [-0.25, -0.2) is 9.38 Å². The number of hydrogen-bond donors (Lipinski definition) is 1. The average Bonchev–Trinajstić information content (AvgIpc) is 2.84. The Hall–Kier alpha value is -3.16. The molecule has 1 heterocycles. The maximum absolute atomic E-state index is 14.0. The summed E-state index contributed by atoms with van der Waals surface area (Å²) in [7, 11) is 0. The number of para-hydroxylation sites is 1. The second-order valence-electron chi connectivity index (χ2n) is 7.79. The molecule has 2 amide bonds. The Morgan fingerprint density at radius 2 is 1.76 bits per heavy atom. The number of anilines is 1. The molecule has 5 nitrogen and oxygen atoms in total. The molecule has 1 aliphatic rings. The molecule has 4 rings (SSSR count). The van der Waals surface area contributed by atoms with E-state index in [-0.39, 0.29) is 18.0 Å². The number of carbonyl (C=O) groups excluding carboxylic acids is 2. The molecule has 1 aliphatic heterocycles. The molecular formula is C26H23ClFN3O2S. The van der Waals surface area contributed by atoms with Crippen molar-refractivity contribution in [3.63, 3.8) is 0 Å². The van der Waals surface area contributed by atoms with E-state index in [0.717, 1.165) is 12.8 Å². The van der Waals surface area contributed by atoms with E-state index in [2.05, 4.69) is 22.4 Å². The summed E-state index contributed by atoms with van der Waals surface area (Å²) >= 11 is 7.20. The first kappa shape index (κ1) is 24.0. The molecule has 1 unspecified atom stereocenters. The lowest BCUT2D eigenvalue weighted by Crippen LogP contribution is -2.45. The van der Waals surface area contributed by atoms with Gasteiger partial charge in [0.15, 0.2) is 5.17 Å². The van der Waals surface area contributed by atoms with Crippen LogP contribution in [0.1, 0.15) is 18.4 Å². The first-order valence-corrected chi connectivity index (χ1v) is 12.2. The number of amides is 2. The predicted molar refractivity (Wildman–Crippen MR) is 136 cm³/mol. The van der Waals surface area contributed by atoms with E-state index in [1.165, 1.54) is 29.5 Å². The molecule has 0 saturated carbocycles. The van der Waals surface area contributed by atoms with Gasteiger partial charge in [-0.2, -0.15) is 0 Å². The van der Waals surface area contributed by atoms with E-state index in [0.29, 0.717) is 22.4 Å². The number of aryl methyl sites for hydroxylation is 1. The summed E-state index contributed by atoms with van der Waals surface area (Å²) in [4.78, 5) is 32.2. The van der Waals surface area contributed by atoms with Gasteiger partial charge in [-0.3, -0.25) is 14.5 Å². The third-order valence-corrected chi connectivity index (χ3v) is 6.74. The summed E-state index contributed by atoms with van der Waals surface area (Å²) in [5, 5.41) is 2.90. The van der Waals surface area contributed by atoms with Crippen LogP contribution < -0.4 is 5.32 Å². The molecule has 8 heteroatoms. The molecule has 3 aromatic rings. The molecule has 34 heavy (non-hydrogen) atoms. The monoisotopic (exact) mass is 495 g/mol. The topological polar surface area (TPSA) is 61.8 Å². The number of hydrogen-bond acceptors (Lipinski definition) is 4. The highest BCUT2D eigenvalue weighted by atomic mass is 35.5. The van der Waals surface area contributed by atoms with E-state index in [4.69, 9.17) is 11.6 Å². The van der Waals surface area contributed by atoms with E-state index in [1.54, 1.807) is 41.3 Å². The zero-order valence-corrected chi connectivity index (χ0v) is 19.9. The molecule has 1 N–H and O–H groups in total. The van der Waals surface area contributed by atoms with E-state index in [9.17, 15) is 14.0 Å². The highest BCUT2D eigenvalue weighted by Gasteiger charge is 2.36. The third kappa shape index (κ3) is 6.24. The van der Waals surface area contributed by atoms with Crippen molar-refractivity contribution in [3.8, 4) is 0 Å². The quantitative estimate of drug-likeness (QED) is 0.432. The maximum atomic E-state index is 14.0. The van der Waals surface area contributed by atoms with Crippen LogP contribution in [0.4, 0.5) is 15.8 Å².